The molecule has 0 bridgehead atoms. The summed E-state index contributed by atoms with van der Waals surface area (Å²) in [5, 5.41) is 26.9. The van der Waals surface area contributed by atoms with Crippen molar-refractivity contribution in [3.63, 3.8) is 0 Å². The first-order chi connectivity index (χ1) is 10.2. The van der Waals surface area contributed by atoms with E-state index in [4.69, 9.17) is 10.5 Å². The van der Waals surface area contributed by atoms with Crippen LogP contribution < -0.4 is 0 Å². The van der Waals surface area contributed by atoms with Crippen LogP contribution in [-0.2, 0) is 0 Å². The van der Waals surface area contributed by atoms with Crippen LogP contribution in [0.25, 0.3) is 0 Å². The Bertz CT molecular complexity index is 795. The van der Waals surface area contributed by atoms with Gasteiger partial charge in [-0.25, -0.2) is 0 Å². The Labute approximate surface area is 123 Å². The van der Waals surface area contributed by atoms with E-state index < -0.39 is 0 Å². The average molecular weight is 270 g/mol. The maximum atomic E-state index is 9.20. The third kappa shape index (κ3) is 3.74. The molecule has 1 N–H and O–H groups in total. The number of benzene rings is 1. The molecule has 0 radical (unpaired) electrons. The number of hydrogen-bond donors (Lipinski definition) is 1. The van der Waals surface area contributed by atoms with Crippen molar-refractivity contribution < 1.29 is 5.11 Å². The Morgan fingerprint density at radius 1 is 0.905 bits per heavy atom. The van der Waals surface area contributed by atoms with Gasteiger partial charge in [-0.3, -0.25) is 0 Å². The van der Waals surface area contributed by atoms with E-state index in [1.165, 1.54) is 0 Å². The van der Waals surface area contributed by atoms with E-state index in [1.54, 1.807) is 48.6 Å². The predicted molar refractivity (Wildman–Crippen MR) is 79.6 cm³/mol. The lowest BCUT2D eigenvalue weighted by Gasteiger charge is -1.92. The fourth-order valence-corrected chi connectivity index (χ4v) is 1.64. The van der Waals surface area contributed by atoms with Gasteiger partial charge in [-0.15, -0.1) is 0 Å². The second-order valence-corrected chi connectivity index (χ2v) is 4.17. The summed E-state index contributed by atoms with van der Waals surface area (Å²) in [7, 11) is 0. The average Bonchev–Trinajstić information content (AvgIpc) is 2.74. The van der Waals surface area contributed by atoms with E-state index in [0.717, 1.165) is 11.1 Å². The molecule has 1 aliphatic carbocycles. The molecular formula is C18H10N2O. The molecule has 0 aliphatic heterocycles. The molecule has 21 heavy (non-hydrogen) atoms. The highest BCUT2D eigenvalue weighted by molar-refractivity contribution is 5.56. The van der Waals surface area contributed by atoms with Gasteiger partial charge in [0.15, 0.2) is 0 Å². The van der Waals surface area contributed by atoms with E-state index in [9.17, 15) is 5.11 Å². The van der Waals surface area contributed by atoms with Gasteiger partial charge in [0.2, 0.25) is 0 Å². The zero-order valence-electron chi connectivity index (χ0n) is 11.0. The Morgan fingerprint density at radius 2 is 1.62 bits per heavy atom. The molecule has 0 fully saturated rings. The lowest BCUT2D eigenvalue weighted by Crippen LogP contribution is -1.80. The molecule has 1 aromatic rings. The molecule has 2 rings (SSSR count). The monoisotopic (exact) mass is 270 g/mol. The van der Waals surface area contributed by atoms with Crippen LogP contribution in [-0.4, -0.2) is 5.11 Å². The predicted octanol–water partition coefficient (Wildman–Crippen LogP) is 3.14. The molecular weight excluding hydrogens is 260 g/mol. The quantitative estimate of drug-likeness (QED) is 0.581. The molecule has 3 nitrogen and oxygen atoms in total. The SMILES string of the molecule is N#CC(C#N)=C1C=CC=C(C#Cc2ccc(O)cc2)C=C1. The topological polar surface area (TPSA) is 67.8 Å². The summed E-state index contributed by atoms with van der Waals surface area (Å²) in [4.78, 5) is 0. The number of phenolic OH excluding ortho intramolecular Hbond substituents is 1. The van der Waals surface area contributed by atoms with Gasteiger partial charge in [-0.1, -0.05) is 30.1 Å². The second kappa shape index (κ2) is 6.62. The van der Waals surface area contributed by atoms with Crippen LogP contribution in [0.3, 0.4) is 0 Å². The van der Waals surface area contributed by atoms with Gasteiger partial charge < -0.3 is 5.11 Å². The van der Waals surface area contributed by atoms with Crippen LogP contribution in [0.5, 0.6) is 5.75 Å². The van der Waals surface area contributed by atoms with Crippen molar-refractivity contribution in [2.24, 2.45) is 0 Å². The molecule has 3 heteroatoms. The first kappa shape index (κ1) is 13.9. The molecule has 0 atom stereocenters. The number of allylic oxidation sites excluding steroid dienone is 8. The van der Waals surface area contributed by atoms with E-state index in [0.29, 0.717) is 5.57 Å². The maximum Gasteiger partial charge on any atom is 0.136 e. The van der Waals surface area contributed by atoms with Gasteiger partial charge in [-0.2, -0.15) is 10.5 Å². The van der Waals surface area contributed by atoms with Gasteiger partial charge in [-0.05, 0) is 36.4 Å². The number of nitriles is 2. The van der Waals surface area contributed by atoms with Crippen molar-refractivity contribution in [1.29, 1.82) is 10.5 Å². The Kier molecular flexibility index (Phi) is 4.39. The van der Waals surface area contributed by atoms with Crippen molar-refractivity contribution in [2.45, 2.75) is 0 Å². The number of aromatic hydroxyl groups is 1. The summed E-state index contributed by atoms with van der Waals surface area (Å²) < 4.78 is 0. The summed E-state index contributed by atoms with van der Waals surface area (Å²) >= 11 is 0. The van der Waals surface area contributed by atoms with E-state index in [-0.39, 0.29) is 11.3 Å². The molecule has 0 saturated heterocycles. The molecule has 0 unspecified atom stereocenters. The standard InChI is InChI=1S/C18H10N2O/c19-12-17(13-20)16-3-1-2-14(6-9-16)4-5-15-7-10-18(21)11-8-15/h1-3,6-11,21H. The van der Waals surface area contributed by atoms with Crippen LogP contribution in [0.15, 0.2) is 71.4 Å². The first-order valence-corrected chi connectivity index (χ1v) is 6.15. The minimum atomic E-state index is 0.0728. The van der Waals surface area contributed by atoms with Crippen LogP contribution in [0.1, 0.15) is 5.56 Å². The van der Waals surface area contributed by atoms with Gasteiger partial charge >= 0.3 is 0 Å². The minimum absolute atomic E-state index is 0.0728. The molecule has 0 heterocycles. The van der Waals surface area contributed by atoms with Crippen molar-refractivity contribution in [2.75, 3.05) is 0 Å². The van der Waals surface area contributed by atoms with E-state index in [1.807, 2.05) is 18.2 Å². The summed E-state index contributed by atoms with van der Waals surface area (Å²) in [5.41, 5.74) is 2.20. The smallest absolute Gasteiger partial charge is 0.136 e. The largest absolute Gasteiger partial charge is 0.508 e. The number of hydrogen-bond acceptors (Lipinski definition) is 3. The lowest BCUT2D eigenvalue weighted by molar-refractivity contribution is 0.475. The van der Waals surface area contributed by atoms with Crippen LogP contribution in [0, 0.1) is 34.5 Å². The summed E-state index contributed by atoms with van der Waals surface area (Å²) in [6, 6.07) is 10.3. The molecule has 0 saturated carbocycles. The fraction of sp³-hybridized carbons (Fsp3) is 0. The Morgan fingerprint density at radius 3 is 2.29 bits per heavy atom. The van der Waals surface area contributed by atoms with Crippen molar-refractivity contribution in [3.05, 3.63) is 76.9 Å². The van der Waals surface area contributed by atoms with Crippen molar-refractivity contribution >= 4 is 0 Å². The number of phenols is 1. The molecule has 0 aromatic heterocycles. The van der Waals surface area contributed by atoms with Crippen LogP contribution >= 0.6 is 0 Å². The molecule has 1 aromatic carbocycles. The highest BCUT2D eigenvalue weighted by Crippen LogP contribution is 2.13. The number of nitrogens with zero attached hydrogens (tertiary/aromatic N) is 2. The Hall–Kier alpha value is -3.48. The molecule has 0 spiro atoms. The second-order valence-electron chi connectivity index (χ2n) is 4.17. The third-order valence-electron chi connectivity index (χ3n) is 2.72. The lowest BCUT2D eigenvalue weighted by atomic mass is 10.1. The van der Waals surface area contributed by atoms with Crippen LogP contribution in [0.4, 0.5) is 0 Å². The van der Waals surface area contributed by atoms with Gasteiger partial charge in [0.25, 0.3) is 0 Å². The highest BCUT2D eigenvalue weighted by Gasteiger charge is 2.01. The van der Waals surface area contributed by atoms with Crippen molar-refractivity contribution in [3.8, 4) is 29.7 Å². The fourth-order valence-electron chi connectivity index (χ4n) is 1.64. The Balaban J connectivity index is 2.24. The van der Waals surface area contributed by atoms with Gasteiger partial charge in [0.1, 0.15) is 23.5 Å². The summed E-state index contributed by atoms with van der Waals surface area (Å²) in [6.45, 7) is 0. The summed E-state index contributed by atoms with van der Waals surface area (Å²) in [5.74, 6) is 6.18. The minimum Gasteiger partial charge on any atom is -0.508 e. The van der Waals surface area contributed by atoms with Crippen molar-refractivity contribution in [1.82, 2.24) is 0 Å². The normalized spacial score (nSPS) is 12.3. The third-order valence-corrected chi connectivity index (χ3v) is 2.72. The zero-order valence-corrected chi connectivity index (χ0v) is 11.0. The maximum absolute atomic E-state index is 9.20. The highest BCUT2D eigenvalue weighted by atomic mass is 16.3. The molecule has 98 valence electrons. The van der Waals surface area contributed by atoms with Gasteiger partial charge in [0, 0.05) is 16.7 Å². The zero-order chi connectivity index (χ0) is 15.1. The first-order valence-electron chi connectivity index (χ1n) is 6.15. The van der Waals surface area contributed by atoms with E-state index >= 15 is 0 Å². The molecule has 1 aliphatic rings. The van der Waals surface area contributed by atoms with E-state index in [2.05, 4.69) is 11.8 Å². The molecule has 0 amide bonds. The summed E-state index contributed by atoms with van der Waals surface area (Å²) in [6.07, 6.45) is 8.72. The van der Waals surface area contributed by atoms with Crippen LogP contribution in [0.2, 0.25) is 0 Å². The number of rotatable bonds is 0. The van der Waals surface area contributed by atoms with Gasteiger partial charge in [0.05, 0.1) is 0 Å².